The second kappa shape index (κ2) is 14.0. The van der Waals surface area contributed by atoms with Gasteiger partial charge in [-0.2, -0.15) is 0 Å². The normalized spacial score (nSPS) is 12.1. The van der Waals surface area contributed by atoms with Gasteiger partial charge in [0, 0.05) is 19.2 Å². The zero-order valence-electron chi connectivity index (χ0n) is 23.8. The van der Waals surface area contributed by atoms with E-state index in [9.17, 15) is 18.0 Å². The number of benzene rings is 3. The Morgan fingerprint density at radius 1 is 0.925 bits per heavy atom. The summed E-state index contributed by atoms with van der Waals surface area (Å²) in [5.41, 5.74) is 2.21. The number of methoxy groups -OCH3 is 1. The average Bonchev–Trinajstić information content (AvgIpc) is 2.95. The van der Waals surface area contributed by atoms with E-state index in [1.165, 1.54) is 24.1 Å². The van der Waals surface area contributed by atoms with Crippen molar-refractivity contribution in [2.45, 2.75) is 45.1 Å². The van der Waals surface area contributed by atoms with Gasteiger partial charge in [-0.25, -0.2) is 8.42 Å². The Kier molecular flexibility index (Phi) is 10.7. The molecule has 9 heteroatoms. The second-order valence-corrected chi connectivity index (χ2v) is 12.0. The van der Waals surface area contributed by atoms with Crippen LogP contribution >= 0.6 is 0 Å². The number of rotatable bonds is 13. The number of nitrogens with one attached hydrogen (secondary N) is 1. The summed E-state index contributed by atoms with van der Waals surface area (Å²) < 4.78 is 34.2. The van der Waals surface area contributed by atoms with Crippen molar-refractivity contribution in [2.75, 3.05) is 31.0 Å². The molecule has 0 radical (unpaired) electrons. The van der Waals surface area contributed by atoms with Crippen molar-refractivity contribution in [3.05, 3.63) is 90.0 Å². The van der Waals surface area contributed by atoms with Gasteiger partial charge in [0.05, 0.1) is 17.7 Å². The van der Waals surface area contributed by atoms with Crippen LogP contribution in [0, 0.1) is 12.8 Å². The zero-order chi connectivity index (χ0) is 29.3. The highest BCUT2D eigenvalue weighted by atomic mass is 32.2. The Labute approximate surface area is 238 Å². The number of ether oxygens (including phenoxy) is 1. The summed E-state index contributed by atoms with van der Waals surface area (Å²) in [6, 6.07) is 21.9. The molecule has 0 saturated carbocycles. The van der Waals surface area contributed by atoms with E-state index in [1.807, 2.05) is 51.1 Å². The molecule has 3 rings (SSSR count). The topological polar surface area (TPSA) is 96.0 Å². The molecule has 40 heavy (non-hydrogen) atoms. The highest BCUT2D eigenvalue weighted by Crippen LogP contribution is 2.27. The number of aryl methyl sites for hydroxylation is 1. The number of hydrogen-bond acceptors (Lipinski definition) is 5. The van der Waals surface area contributed by atoms with Crippen molar-refractivity contribution < 1.29 is 22.7 Å². The fraction of sp³-hybridized carbons (Fsp3) is 0.355. The monoisotopic (exact) mass is 565 g/mol. The highest BCUT2D eigenvalue weighted by molar-refractivity contribution is 7.92. The molecule has 8 nitrogen and oxygen atoms in total. The lowest BCUT2D eigenvalue weighted by molar-refractivity contribution is -0.138. The molecule has 1 atom stereocenters. The van der Waals surface area contributed by atoms with E-state index in [1.54, 1.807) is 43.3 Å². The molecule has 2 amide bonds. The molecule has 0 saturated heterocycles. The van der Waals surface area contributed by atoms with E-state index < -0.39 is 28.5 Å². The van der Waals surface area contributed by atoms with Gasteiger partial charge in [-0.15, -0.1) is 0 Å². The van der Waals surface area contributed by atoms with E-state index in [0.717, 1.165) is 15.4 Å². The number of hydrogen-bond donors (Lipinski definition) is 1. The summed E-state index contributed by atoms with van der Waals surface area (Å²) in [4.78, 5) is 28.5. The van der Waals surface area contributed by atoms with E-state index in [2.05, 4.69) is 5.32 Å². The van der Waals surface area contributed by atoms with Gasteiger partial charge >= 0.3 is 0 Å². The SMILES string of the molecule is COc1cccc(N(CC(=O)N(CCc2ccccc2)[C@@H](C)C(=O)NCC(C)C)S(=O)(=O)c2ccc(C)cc2)c1. The van der Waals surface area contributed by atoms with Crippen molar-refractivity contribution in [1.82, 2.24) is 10.2 Å². The molecule has 0 unspecified atom stereocenters. The van der Waals surface area contributed by atoms with Gasteiger partial charge in [0.15, 0.2) is 0 Å². The molecule has 214 valence electrons. The van der Waals surface area contributed by atoms with Crippen molar-refractivity contribution in [2.24, 2.45) is 5.92 Å². The maximum Gasteiger partial charge on any atom is 0.264 e. The Balaban J connectivity index is 1.98. The van der Waals surface area contributed by atoms with Crippen LogP contribution in [0.3, 0.4) is 0 Å². The standard InChI is InChI=1S/C31H39N3O5S/c1-23(2)21-32-31(36)25(4)33(19-18-26-10-7-6-8-11-26)30(35)22-34(27-12-9-13-28(20-27)39-5)40(37,38)29-16-14-24(3)15-17-29/h6-17,20,23,25H,18-19,21-22H2,1-5H3,(H,32,36)/t25-/m0/s1. The summed E-state index contributed by atoms with van der Waals surface area (Å²) in [6.07, 6.45) is 0.512. The molecular weight excluding hydrogens is 526 g/mol. The third-order valence-corrected chi connectivity index (χ3v) is 8.35. The van der Waals surface area contributed by atoms with Crippen LogP contribution in [0.25, 0.3) is 0 Å². The van der Waals surface area contributed by atoms with Gasteiger partial charge in [-0.3, -0.25) is 13.9 Å². The number of sulfonamides is 1. The van der Waals surface area contributed by atoms with Crippen LogP contribution in [0.2, 0.25) is 0 Å². The molecule has 0 aliphatic heterocycles. The van der Waals surface area contributed by atoms with E-state index in [0.29, 0.717) is 18.7 Å². The molecule has 0 heterocycles. The van der Waals surface area contributed by atoms with Gasteiger partial charge in [0.1, 0.15) is 18.3 Å². The summed E-state index contributed by atoms with van der Waals surface area (Å²) in [7, 11) is -2.64. The van der Waals surface area contributed by atoms with Crippen LogP contribution in [0.4, 0.5) is 5.69 Å². The largest absolute Gasteiger partial charge is 0.497 e. The quantitative estimate of drug-likeness (QED) is 0.331. The lowest BCUT2D eigenvalue weighted by Crippen LogP contribution is -2.52. The van der Waals surface area contributed by atoms with Crippen molar-refractivity contribution in [3.8, 4) is 5.75 Å². The number of carbonyl (C=O) groups is 2. The van der Waals surface area contributed by atoms with Gasteiger partial charge < -0.3 is 15.0 Å². The average molecular weight is 566 g/mol. The van der Waals surface area contributed by atoms with Crippen LogP contribution in [-0.2, 0) is 26.0 Å². The van der Waals surface area contributed by atoms with Crippen molar-refractivity contribution >= 4 is 27.5 Å². The number of anilines is 1. The molecule has 3 aromatic carbocycles. The maximum atomic E-state index is 13.9. The van der Waals surface area contributed by atoms with Crippen LogP contribution in [0.1, 0.15) is 31.9 Å². The lowest BCUT2D eigenvalue weighted by atomic mass is 10.1. The molecule has 1 N–H and O–H groups in total. The van der Waals surface area contributed by atoms with Crippen LogP contribution in [0.5, 0.6) is 5.75 Å². The molecule has 3 aromatic rings. The lowest BCUT2D eigenvalue weighted by Gasteiger charge is -2.32. The first kappa shape index (κ1) is 30.7. The van der Waals surface area contributed by atoms with Gasteiger partial charge in [-0.1, -0.05) is 67.9 Å². The number of amides is 2. The maximum absolute atomic E-state index is 13.9. The molecule has 0 spiro atoms. The Bertz CT molecular complexity index is 1380. The molecule has 0 bridgehead atoms. The van der Waals surface area contributed by atoms with Crippen molar-refractivity contribution in [1.29, 1.82) is 0 Å². The summed E-state index contributed by atoms with van der Waals surface area (Å²) >= 11 is 0. The predicted molar refractivity (Wildman–Crippen MR) is 158 cm³/mol. The fourth-order valence-electron chi connectivity index (χ4n) is 4.15. The Hall–Kier alpha value is -3.85. The molecular formula is C31H39N3O5S. The first-order valence-electron chi connectivity index (χ1n) is 13.4. The molecule has 0 aromatic heterocycles. The van der Waals surface area contributed by atoms with Gasteiger partial charge in [0.25, 0.3) is 10.0 Å². The minimum atomic E-state index is -4.13. The third kappa shape index (κ3) is 8.08. The fourth-order valence-corrected chi connectivity index (χ4v) is 5.56. The minimum Gasteiger partial charge on any atom is -0.497 e. The Morgan fingerprint density at radius 2 is 1.60 bits per heavy atom. The van der Waals surface area contributed by atoms with Gasteiger partial charge in [0.2, 0.25) is 11.8 Å². The van der Waals surface area contributed by atoms with E-state index >= 15 is 0 Å². The second-order valence-electron chi connectivity index (χ2n) is 10.2. The molecule has 0 aliphatic carbocycles. The van der Waals surface area contributed by atoms with Crippen LogP contribution < -0.4 is 14.4 Å². The first-order valence-corrected chi connectivity index (χ1v) is 14.8. The van der Waals surface area contributed by atoms with Crippen LogP contribution in [0.15, 0.2) is 83.8 Å². The third-order valence-electron chi connectivity index (χ3n) is 6.57. The minimum absolute atomic E-state index is 0.0623. The molecule has 0 fully saturated rings. The van der Waals surface area contributed by atoms with E-state index in [4.69, 9.17) is 4.74 Å². The summed E-state index contributed by atoms with van der Waals surface area (Å²) in [5.74, 6) is -0.0738. The van der Waals surface area contributed by atoms with Crippen molar-refractivity contribution in [3.63, 3.8) is 0 Å². The number of nitrogens with zero attached hydrogens (tertiary/aromatic N) is 2. The van der Waals surface area contributed by atoms with Gasteiger partial charge in [-0.05, 0) is 56.0 Å². The van der Waals surface area contributed by atoms with E-state index in [-0.39, 0.29) is 29.0 Å². The highest BCUT2D eigenvalue weighted by Gasteiger charge is 2.32. The smallest absolute Gasteiger partial charge is 0.264 e. The number of carbonyl (C=O) groups excluding carboxylic acids is 2. The summed E-state index contributed by atoms with van der Waals surface area (Å²) in [5, 5.41) is 2.90. The predicted octanol–water partition coefficient (Wildman–Crippen LogP) is 4.43. The van der Waals surface area contributed by atoms with Crippen LogP contribution in [-0.4, -0.2) is 57.9 Å². The first-order chi connectivity index (χ1) is 19.0. The zero-order valence-corrected chi connectivity index (χ0v) is 24.6. The summed E-state index contributed by atoms with van der Waals surface area (Å²) in [6.45, 7) is 7.76. The molecule has 0 aliphatic rings. The Morgan fingerprint density at radius 3 is 2.23 bits per heavy atom.